The fourth-order valence-electron chi connectivity index (χ4n) is 1.60. The fraction of sp³-hybridized carbons (Fsp3) is 0.875. The molecule has 1 saturated heterocycles. The average molecular weight is 228 g/mol. The van der Waals surface area contributed by atoms with E-state index in [-0.39, 0.29) is 0 Å². The van der Waals surface area contributed by atoms with Crippen molar-refractivity contribution in [2.45, 2.75) is 37.8 Å². The highest BCUT2D eigenvalue weighted by atomic mass is 19.4. The zero-order valence-electron chi connectivity index (χ0n) is 8.09. The van der Waals surface area contributed by atoms with Crippen LogP contribution in [0.5, 0.6) is 0 Å². The van der Waals surface area contributed by atoms with Crippen LogP contribution in [-0.4, -0.2) is 41.8 Å². The Bertz CT molecular complexity index is 254. The van der Waals surface area contributed by atoms with E-state index in [0.717, 1.165) is 0 Å². The van der Waals surface area contributed by atoms with Gasteiger partial charge in [0.2, 0.25) is 5.91 Å². The predicted octanol–water partition coefficient (Wildman–Crippen LogP) is 0.835. The number of carbonyl (C=O) groups excluding carboxylic acids is 1. The van der Waals surface area contributed by atoms with Crippen LogP contribution in [0.3, 0.4) is 0 Å². The summed E-state index contributed by atoms with van der Waals surface area (Å²) in [6, 6.07) is -3.08. The highest BCUT2D eigenvalue weighted by Crippen LogP contribution is 2.34. The molecule has 88 valence electrons. The Labute approximate surface area is 84.2 Å². The van der Waals surface area contributed by atoms with Gasteiger partial charge in [-0.15, -0.1) is 0 Å². The maximum Gasteiger partial charge on any atom is 0.408 e. The first-order valence-electron chi connectivity index (χ1n) is 4.50. The topological polar surface area (TPSA) is 46.3 Å². The zero-order chi connectivity index (χ0) is 11.8. The number of likely N-dealkylation sites (tertiary alicyclic amines) is 1. The molecule has 0 aromatic rings. The summed E-state index contributed by atoms with van der Waals surface area (Å²) >= 11 is 0. The van der Waals surface area contributed by atoms with Gasteiger partial charge >= 0.3 is 6.18 Å². The van der Waals surface area contributed by atoms with Crippen molar-refractivity contribution < 1.29 is 22.4 Å². The number of halogens is 4. The molecule has 0 aromatic carbocycles. The molecule has 0 spiro atoms. The normalized spacial score (nSPS) is 29.3. The summed E-state index contributed by atoms with van der Waals surface area (Å²) in [5, 5.41) is 0. The average Bonchev–Trinajstić information content (AvgIpc) is 2.44. The molecule has 0 radical (unpaired) electrons. The molecule has 0 bridgehead atoms. The summed E-state index contributed by atoms with van der Waals surface area (Å²) in [6.45, 7) is 0.756. The van der Waals surface area contributed by atoms with Gasteiger partial charge in [0.1, 0.15) is 12.2 Å². The third kappa shape index (κ3) is 2.58. The standard InChI is InChI=1S/C8H12F4N2O/c1-4(13)7(15)14-3-5(9)2-6(14)8(10,11)12/h4-6H,2-3,13H2,1H3/t4-,5?,6-/m1/s1. The maximum absolute atomic E-state index is 12.8. The molecular weight excluding hydrogens is 216 g/mol. The van der Waals surface area contributed by atoms with E-state index in [1.54, 1.807) is 0 Å². The van der Waals surface area contributed by atoms with Crippen LogP contribution in [-0.2, 0) is 4.79 Å². The molecule has 2 N–H and O–H groups in total. The van der Waals surface area contributed by atoms with Gasteiger partial charge in [0.15, 0.2) is 0 Å². The van der Waals surface area contributed by atoms with Crippen molar-refractivity contribution in [2.24, 2.45) is 5.73 Å². The molecule has 0 saturated carbocycles. The first-order valence-corrected chi connectivity index (χ1v) is 4.50. The van der Waals surface area contributed by atoms with Gasteiger partial charge in [0.05, 0.1) is 12.6 Å². The van der Waals surface area contributed by atoms with Crippen molar-refractivity contribution in [3.05, 3.63) is 0 Å². The molecule has 1 heterocycles. The summed E-state index contributed by atoms with van der Waals surface area (Å²) in [5.74, 6) is -0.863. The molecule has 1 amide bonds. The summed E-state index contributed by atoms with van der Waals surface area (Å²) in [5.41, 5.74) is 5.19. The molecule has 1 aliphatic rings. The molecule has 1 fully saturated rings. The Morgan fingerprint density at radius 1 is 1.53 bits per heavy atom. The van der Waals surface area contributed by atoms with E-state index in [9.17, 15) is 22.4 Å². The van der Waals surface area contributed by atoms with E-state index in [0.29, 0.717) is 4.90 Å². The number of nitrogens with zero attached hydrogens (tertiary/aromatic N) is 1. The predicted molar refractivity (Wildman–Crippen MR) is 44.7 cm³/mol. The summed E-state index contributed by atoms with van der Waals surface area (Å²) < 4.78 is 50.1. The summed E-state index contributed by atoms with van der Waals surface area (Å²) in [6.07, 6.45) is -6.91. The minimum absolute atomic E-state index is 0.481. The molecule has 3 atom stereocenters. The molecule has 3 nitrogen and oxygen atoms in total. The maximum atomic E-state index is 12.8. The van der Waals surface area contributed by atoms with Crippen LogP contribution in [0.4, 0.5) is 17.6 Å². The Hall–Kier alpha value is -0.850. The van der Waals surface area contributed by atoms with Gasteiger partial charge in [-0.3, -0.25) is 4.79 Å². The quantitative estimate of drug-likeness (QED) is 0.676. The second-order valence-electron chi connectivity index (χ2n) is 3.67. The fourth-order valence-corrected chi connectivity index (χ4v) is 1.60. The van der Waals surface area contributed by atoms with Crippen molar-refractivity contribution in [3.8, 4) is 0 Å². The van der Waals surface area contributed by atoms with Crippen LogP contribution in [0, 0.1) is 0 Å². The highest BCUT2D eigenvalue weighted by molar-refractivity contribution is 5.82. The number of rotatable bonds is 1. The van der Waals surface area contributed by atoms with Crippen molar-refractivity contribution in [3.63, 3.8) is 0 Å². The summed E-state index contributed by atoms with van der Waals surface area (Å²) in [7, 11) is 0. The van der Waals surface area contributed by atoms with Crippen LogP contribution >= 0.6 is 0 Å². The van der Waals surface area contributed by atoms with E-state index in [1.165, 1.54) is 6.92 Å². The molecular formula is C8H12F4N2O. The Morgan fingerprint density at radius 3 is 2.47 bits per heavy atom. The third-order valence-corrected chi connectivity index (χ3v) is 2.30. The number of nitrogens with two attached hydrogens (primary N) is 1. The number of hydrogen-bond donors (Lipinski definition) is 1. The van der Waals surface area contributed by atoms with Crippen LogP contribution < -0.4 is 5.73 Å². The van der Waals surface area contributed by atoms with Crippen LogP contribution in [0.1, 0.15) is 13.3 Å². The third-order valence-electron chi connectivity index (χ3n) is 2.30. The lowest BCUT2D eigenvalue weighted by Gasteiger charge is -2.27. The zero-order valence-corrected chi connectivity index (χ0v) is 8.09. The minimum atomic E-state index is -4.59. The molecule has 0 aliphatic carbocycles. The van der Waals surface area contributed by atoms with E-state index < -0.39 is 43.3 Å². The van der Waals surface area contributed by atoms with E-state index in [2.05, 4.69) is 0 Å². The second-order valence-corrected chi connectivity index (χ2v) is 3.67. The smallest absolute Gasteiger partial charge is 0.326 e. The van der Waals surface area contributed by atoms with Crippen molar-refractivity contribution in [2.75, 3.05) is 6.54 Å². The van der Waals surface area contributed by atoms with Crippen molar-refractivity contribution in [1.82, 2.24) is 4.90 Å². The Morgan fingerprint density at radius 2 is 2.07 bits per heavy atom. The van der Waals surface area contributed by atoms with Gasteiger partial charge in [-0.1, -0.05) is 0 Å². The first-order chi connectivity index (χ1) is 6.73. The van der Waals surface area contributed by atoms with E-state index >= 15 is 0 Å². The van der Waals surface area contributed by atoms with Crippen LogP contribution in [0.15, 0.2) is 0 Å². The lowest BCUT2D eigenvalue weighted by molar-refractivity contribution is -0.183. The molecule has 7 heteroatoms. The van der Waals surface area contributed by atoms with Gasteiger partial charge in [0.25, 0.3) is 0 Å². The van der Waals surface area contributed by atoms with Crippen molar-refractivity contribution >= 4 is 5.91 Å². The lowest BCUT2D eigenvalue weighted by atomic mass is 10.2. The van der Waals surface area contributed by atoms with Gasteiger partial charge < -0.3 is 10.6 Å². The van der Waals surface area contributed by atoms with E-state index in [4.69, 9.17) is 5.73 Å². The monoisotopic (exact) mass is 228 g/mol. The number of carbonyl (C=O) groups is 1. The van der Waals surface area contributed by atoms with Gasteiger partial charge in [-0.05, 0) is 6.92 Å². The largest absolute Gasteiger partial charge is 0.408 e. The second kappa shape index (κ2) is 3.96. The number of alkyl halides is 4. The molecule has 1 unspecified atom stereocenters. The Kier molecular flexibility index (Phi) is 3.22. The first kappa shape index (κ1) is 12.2. The van der Waals surface area contributed by atoms with Gasteiger partial charge in [-0.2, -0.15) is 13.2 Å². The van der Waals surface area contributed by atoms with Crippen molar-refractivity contribution in [1.29, 1.82) is 0 Å². The Balaban J connectivity index is 2.82. The number of hydrogen-bond acceptors (Lipinski definition) is 2. The van der Waals surface area contributed by atoms with Crippen LogP contribution in [0.2, 0.25) is 0 Å². The molecule has 0 aromatic heterocycles. The molecule has 1 rings (SSSR count). The molecule has 15 heavy (non-hydrogen) atoms. The highest BCUT2D eigenvalue weighted by Gasteiger charge is 2.51. The summed E-state index contributed by atoms with van der Waals surface area (Å²) in [4.78, 5) is 11.8. The number of amides is 1. The van der Waals surface area contributed by atoms with E-state index in [1.807, 2.05) is 0 Å². The minimum Gasteiger partial charge on any atom is -0.326 e. The molecule has 1 aliphatic heterocycles. The lowest BCUT2D eigenvalue weighted by Crippen LogP contribution is -2.49. The van der Waals surface area contributed by atoms with Gasteiger partial charge in [0, 0.05) is 6.42 Å². The van der Waals surface area contributed by atoms with Crippen LogP contribution in [0.25, 0.3) is 0 Å². The van der Waals surface area contributed by atoms with Gasteiger partial charge in [-0.25, -0.2) is 4.39 Å². The SMILES string of the molecule is C[C@@H](N)C(=O)N1CC(F)C[C@@H]1C(F)(F)F.